The Morgan fingerprint density at radius 2 is 1.89 bits per heavy atom. The number of halogens is 3. The Morgan fingerprint density at radius 3 is 2.52 bits per heavy atom. The summed E-state index contributed by atoms with van der Waals surface area (Å²) in [6.45, 7) is 1.89. The molecule has 27 heavy (non-hydrogen) atoms. The lowest BCUT2D eigenvalue weighted by molar-refractivity contribution is 0.0527. The third-order valence-electron chi connectivity index (χ3n) is 4.07. The highest BCUT2D eigenvalue weighted by Crippen LogP contribution is 2.30. The van der Waals surface area contributed by atoms with Crippen molar-refractivity contribution in [2.45, 2.75) is 13.5 Å². The van der Waals surface area contributed by atoms with Crippen molar-refractivity contribution in [2.75, 3.05) is 18.6 Å². The molecule has 0 aliphatic rings. The molecule has 3 rings (SSSR count). The highest BCUT2D eigenvalue weighted by atomic mass is 19.2. The smallest absolute Gasteiger partial charge is 0.341 e. The molecule has 1 aromatic carbocycles. The van der Waals surface area contributed by atoms with Crippen LogP contribution in [0, 0.1) is 17.5 Å². The number of aryl methyl sites for hydroxylation is 1. The van der Waals surface area contributed by atoms with E-state index in [0.29, 0.717) is 16.7 Å². The summed E-state index contributed by atoms with van der Waals surface area (Å²) in [5, 5.41) is 4.72. The first kappa shape index (κ1) is 18.7. The second-order valence-electron chi connectivity index (χ2n) is 5.98. The van der Waals surface area contributed by atoms with Crippen LogP contribution >= 0.6 is 0 Å². The average Bonchev–Trinajstić information content (AvgIpc) is 3.00. The van der Waals surface area contributed by atoms with Crippen LogP contribution < -0.4 is 4.90 Å². The van der Waals surface area contributed by atoms with Crippen LogP contribution in [0.4, 0.5) is 18.9 Å². The molecule has 0 fully saturated rings. The molecule has 0 atom stereocenters. The van der Waals surface area contributed by atoms with Gasteiger partial charge in [-0.05, 0) is 24.6 Å². The second-order valence-corrected chi connectivity index (χ2v) is 5.98. The van der Waals surface area contributed by atoms with Gasteiger partial charge >= 0.3 is 5.97 Å². The van der Waals surface area contributed by atoms with Crippen molar-refractivity contribution >= 4 is 22.7 Å². The maximum Gasteiger partial charge on any atom is 0.341 e. The zero-order valence-electron chi connectivity index (χ0n) is 15.0. The van der Waals surface area contributed by atoms with Crippen molar-refractivity contribution in [3.63, 3.8) is 0 Å². The molecule has 0 bridgehead atoms. The fourth-order valence-electron chi connectivity index (χ4n) is 2.90. The molecule has 0 amide bonds. The van der Waals surface area contributed by atoms with Gasteiger partial charge in [0.1, 0.15) is 5.56 Å². The van der Waals surface area contributed by atoms with Gasteiger partial charge in [0.25, 0.3) is 0 Å². The van der Waals surface area contributed by atoms with Crippen LogP contribution in [0.5, 0.6) is 0 Å². The van der Waals surface area contributed by atoms with Gasteiger partial charge in [-0.1, -0.05) is 0 Å². The molecule has 0 radical (unpaired) electrons. The van der Waals surface area contributed by atoms with Crippen molar-refractivity contribution in [3.8, 4) is 0 Å². The summed E-state index contributed by atoms with van der Waals surface area (Å²) in [5.74, 6) is -4.64. The number of esters is 1. The number of aromatic nitrogens is 3. The normalized spacial score (nSPS) is 11.0. The number of fused-ring (bicyclic) bond motifs is 1. The minimum absolute atomic E-state index is 0.0224. The van der Waals surface area contributed by atoms with Crippen molar-refractivity contribution in [1.29, 1.82) is 0 Å². The van der Waals surface area contributed by atoms with E-state index in [1.54, 1.807) is 36.8 Å². The van der Waals surface area contributed by atoms with E-state index in [4.69, 9.17) is 4.74 Å². The number of carbonyl (C=O) groups excluding carboxylic acids is 1. The Labute approximate surface area is 153 Å². The van der Waals surface area contributed by atoms with Gasteiger partial charge in [0, 0.05) is 26.8 Å². The van der Waals surface area contributed by atoms with E-state index in [9.17, 15) is 18.0 Å². The first-order valence-corrected chi connectivity index (χ1v) is 8.15. The molecule has 0 aliphatic carbocycles. The molecule has 2 heterocycles. The Kier molecular flexibility index (Phi) is 5.02. The van der Waals surface area contributed by atoms with E-state index < -0.39 is 23.4 Å². The average molecular weight is 378 g/mol. The quantitative estimate of drug-likeness (QED) is 0.504. The van der Waals surface area contributed by atoms with E-state index in [1.165, 1.54) is 6.20 Å². The predicted molar refractivity (Wildman–Crippen MR) is 92.9 cm³/mol. The maximum absolute atomic E-state index is 13.5. The van der Waals surface area contributed by atoms with Crippen molar-refractivity contribution in [2.24, 2.45) is 7.05 Å². The van der Waals surface area contributed by atoms with E-state index >= 15 is 0 Å². The van der Waals surface area contributed by atoms with Gasteiger partial charge in [-0.15, -0.1) is 0 Å². The number of anilines is 1. The molecule has 0 saturated heterocycles. The molecule has 9 heteroatoms. The molecule has 0 aliphatic heterocycles. The fourth-order valence-corrected chi connectivity index (χ4v) is 2.90. The second kappa shape index (κ2) is 7.26. The molecule has 0 saturated carbocycles. The van der Waals surface area contributed by atoms with Gasteiger partial charge < -0.3 is 9.64 Å². The SMILES string of the molecule is CCOC(=O)c1cnc2c(cnn2C)c1N(C)Cc1cc(F)c(F)c(F)c1. The molecule has 6 nitrogen and oxygen atoms in total. The Bertz CT molecular complexity index is 996. The summed E-state index contributed by atoms with van der Waals surface area (Å²) >= 11 is 0. The summed E-state index contributed by atoms with van der Waals surface area (Å²) in [6, 6.07) is 1.83. The molecule has 0 spiro atoms. The number of carbonyl (C=O) groups is 1. The standard InChI is InChI=1S/C18H17F3N4O2/c1-4-27-18(26)12-7-22-17-11(8-23-25(17)3)16(12)24(2)9-10-5-13(19)15(21)14(20)6-10/h5-8H,4,9H2,1-3H3. The fraction of sp³-hybridized carbons (Fsp3) is 0.278. The van der Waals surface area contributed by atoms with Crippen molar-refractivity contribution in [3.05, 3.63) is 53.1 Å². The molecule has 2 aromatic heterocycles. The lowest BCUT2D eigenvalue weighted by Crippen LogP contribution is -2.21. The van der Waals surface area contributed by atoms with Crippen LogP contribution in [0.1, 0.15) is 22.8 Å². The number of hydrogen-bond donors (Lipinski definition) is 0. The molecular weight excluding hydrogens is 361 g/mol. The predicted octanol–water partition coefficient (Wildman–Crippen LogP) is 3.20. The largest absolute Gasteiger partial charge is 0.462 e. The first-order chi connectivity index (χ1) is 12.8. The Balaban J connectivity index is 2.08. The van der Waals surface area contributed by atoms with Gasteiger partial charge in [-0.25, -0.2) is 22.9 Å². The first-order valence-electron chi connectivity index (χ1n) is 8.15. The van der Waals surface area contributed by atoms with Crippen LogP contribution in [0.15, 0.2) is 24.5 Å². The van der Waals surface area contributed by atoms with Crippen molar-refractivity contribution < 1.29 is 22.7 Å². The third kappa shape index (κ3) is 3.44. The Morgan fingerprint density at radius 1 is 1.22 bits per heavy atom. The van der Waals surface area contributed by atoms with Gasteiger partial charge in [-0.2, -0.15) is 5.10 Å². The van der Waals surface area contributed by atoms with E-state index in [2.05, 4.69) is 10.1 Å². The topological polar surface area (TPSA) is 60.2 Å². The lowest BCUT2D eigenvalue weighted by atomic mass is 10.1. The van der Waals surface area contributed by atoms with Crippen LogP contribution in [0.2, 0.25) is 0 Å². The summed E-state index contributed by atoms with van der Waals surface area (Å²) in [7, 11) is 3.34. The van der Waals surface area contributed by atoms with Crippen molar-refractivity contribution in [1.82, 2.24) is 14.8 Å². The van der Waals surface area contributed by atoms with Gasteiger partial charge in [0.15, 0.2) is 23.1 Å². The summed E-state index contributed by atoms with van der Waals surface area (Å²) in [5.41, 5.74) is 1.39. The molecule has 0 unspecified atom stereocenters. The van der Waals surface area contributed by atoms with Crippen LogP contribution in [-0.4, -0.2) is 34.4 Å². The molecular formula is C18H17F3N4O2. The van der Waals surface area contributed by atoms with Crippen LogP contribution in [0.25, 0.3) is 11.0 Å². The zero-order valence-corrected chi connectivity index (χ0v) is 15.0. The molecule has 0 N–H and O–H groups in total. The number of pyridine rings is 1. The molecule has 3 aromatic rings. The summed E-state index contributed by atoms with van der Waals surface area (Å²) < 4.78 is 46.9. The number of nitrogens with zero attached hydrogens (tertiary/aromatic N) is 4. The highest BCUT2D eigenvalue weighted by molar-refractivity contribution is 6.04. The van der Waals surface area contributed by atoms with Gasteiger partial charge in [-0.3, -0.25) is 4.68 Å². The van der Waals surface area contributed by atoms with Gasteiger partial charge in [0.2, 0.25) is 0 Å². The summed E-state index contributed by atoms with van der Waals surface area (Å²) in [4.78, 5) is 18.2. The zero-order chi connectivity index (χ0) is 19.7. The van der Waals surface area contributed by atoms with Gasteiger partial charge in [0.05, 0.1) is 23.9 Å². The lowest BCUT2D eigenvalue weighted by Gasteiger charge is -2.22. The number of hydrogen-bond acceptors (Lipinski definition) is 5. The number of benzene rings is 1. The van der Waals surface area contributed by atoms with E-state index in [0.717, 1.165) is 12.1 Å². The minimum atomic E-state index is -1.52. The van der Waals surface area contributed by atoms with E-state index in [-0.39, 0.29) is 24.3 Å². The maximum atomic E-state index is 13.5. The van der Waals surface area contributed by atoms with E-state index in [1.807, 2.05) is 0 Å². The van der Waals surface area contributed by atoms with Crippen LogP contribution in [-0.2, 0) is 18.3 Å². The summed E-state index contributed by atoms with van der Waals surface area (Å²) in [6.07, 6.45) is 2.92. The number of rotatable bonds is 5. The molecule has 142 valence electrons. The number of ether oxygens (including phenoxy) is 1. The monoisotopic (exact) mass is 378 g/mol. The van der Waals surface area contributed by atoms with Crippen LogP contribution in [0.3, 0.4) is 0 Å². The Hall–Kier alpha value is -3.10. The minimum Gasteiger partial charge on any atom is -0.462 e. The highest BCUT2D eigenvalue weighted by Gasteiger charge is 2.22. The third-order valence-corrected chi connectivity index (χ3v) is 4.07.